The van der Waals surface area contributed by atoms with Gasteiger partial charge in [0, 0.05) is 7.05 Å². The standard InChI is InChI=1S/C16H19ClN4O3S/c1-4-24-14(22)9-13-19-20-16(21(13)3)25-10(2)15(23)18-12-8-6-5-7-11(12)17/h5-8,10H,4,9H2,1-3H3,(H,18,23)/t10-/m0/s1. The van der Waals surface area contributed by atoms with Crippen molar-refractivity contribution in [2.24, 2.45) is 7.05 Å². The second-order valence-electron chi connectivity index (χ2n) is 5.17. The third kappa shape index (κ3) is 5.20. The van der Waals surface area contributed by atoms with Crippen LogP contribution in [0.25, 0.3) is 0 Å². The average molecular weight is 383 g/mol. The van der Waals surface area contributed by atoms with Gasteiger partial charge in [-0.15, -0.1) is 10.2 Å². The Bertz CT molecular complexity index is 766. The highest BCUT2D eigenvalue weighted by atomic mass is 35.5. The van der Waals surface area contributed by atoms with E-state index >= 15 is 0 Å². The number of nitrogens with zero attached hydrogens (tertiary/aromatic N) is 3. The molecule has 0 aliphatic carbocycles. The van der Waals surface area contributed by atoms with Crippen molar-refractivity contribution in [3.8, 4) is 0 Å². The molecule has 1 heterocycles. The number of aromatic nitrogens is 3. The van der Waals surface area contributed by atoms with Gasteiger partial charge in [-0.25, -0.2) is 0 Å². The maximum absolute atomic E-state index is 12.3. The van der Waals surface area contributed by atoms with E-state index in [9.17, 15) is 9.59 Å². The average Bonchev–Trinajstić information content (AvgIpc) is 2.90. The van der Waals surface area contributed by atoms with Crippen LogP contribution < -0.4 is 5.32 Å². The van der Waals surface area contributed by atoms with E-state index in [2.05, 4.69) is 15.5 Å². The molecule has 0 radical (unpaired) electrons. The number of esters is 1. The zero-order valence-corrected chi connectivity index (χ0v) is 15.7. The molecule has 2 rings (SSSR count). The molecule has 0 aliphatic rings. The summed E-state index contributed by atoms with van der Waals surface area (Å²) >= 11 is 7.29. The molecule has 0 unspecified atom stereocenters. The monoisotopic (exact) mass is 382 g/mol. The van der Waals surface area contributed by atoms with E-state index in [1.165, 1.54) is 11.8 Å². The molecule has 0 spiro atoms. The van der Waals surface area contributed by atoms with Gasteiger partial charge in [-0.3, -0.25) is 9.59 Å². The van der Waals surface area contributed by atoms with Crippen molar-refractivity contribution in [3.05, 3.63) is 35.1 Å². The zero-order valence-electron chi connectivity index (χ0n) is 14.2. The van der Waals surface area contributed by atoms with Gasteiger partial charge in [0.2, 0.25) is 5.91 Å². The Labute approximate surface area is 155 Å². The third-order valence-electron chi connectivity index (χ3n) is 3.32. The van der Waals surface area contributed by atoms with E-state index in [-0.39, 0.29) is 18.3 Å². The van der Waals surface area contributed by atoms with E-state index in [4.69, 9.17) is 16.3 Å². The maximum Gasteiger partial charge on any atom is 0.313 e. The fraction of sp³-hybridized carbons (Fsp3) is 0.375. The minimum atomic E-state index is -0.422. The number of halogens is 1. The smallest absolute Gasteiger partial charge is 0.313 e. The Balaban J connectivity index is 1.99. The van der Waals surface area contributed by atoms with E-state index in [0.717, 1.165) is 0 Å². The van der Waals surface area contributed by atoms with E-state index in [0.29, 0.717) is 28.3 Å². The SMILES string of the molecule is CCOC(=O)Cc1nnc(S[C@@H](C)C(=O)Nc2ccccc2Cl)n1C. The topological polar surface area (TPSA) is 86.1 Å². The lowest BCUT2D eigenvalue weighted by Gasteiger charge is -2.12. The number of hydrogen-bond acceptors (Lipinski definition) is 6. The molecular formula is C16H19ClN4O3S. The summed E-state index contributed by atoms with van der Waals surface area (Å²) in [6.45, 7) is 3.82. The molecule has 9 heteroatoms. The van der Waals surface area contributed by atoms with Gasteiger partial charge in [-0.1, -0.05) is 35.5 Å². The van der Waals surface area contributed by atoms with Crippen molar-refractivity contribution < 1.29 is 14.3 Å². The summed E-state index contributed by atoms with van der Waals surface area (Å²) in [5.41, 5.74) is 0.558. The van der Waals surface area contributed by atoms with Crippen molar-refractivity contribution in [1.82, 2.24) is 14.8 Å². The Kier molecular flexibility index (Phi) is 6.83. The molecule has 1 amide bonds. The second kappa shape index (κ2) is 8.87. The number of amides is 1. The van der Waals surface area contributed by atoms with Gasteiger partial charge in [0.1, 0.15) is 12.2 Å². The number of carbonyl (C=O) groups is 2. The minimum Gasteiger partial charge on any atom is -0.466 e. The molecule has 7 nitrogen and oxygen atoms in total. The van der Waals surface area contributed by atoms with Gasteiger partial charge in [0.15, 0.2) is 5.16 Å². The van der Waals surface area contributed by atoms with Crippen LogP contribution in [0.5, 0.6) is 0 Å². The predicted molar refractivity (Wildman–Crippen MR) is 96.7 cm³/mol. The maximum atomic E-state index is 12.3. The van der Waals surface area contributed by atoms with Crippen molar-refractivity contribution in [1.29, 1.82) is 0 Å². The number of carbonyl (C=O) groups excluding carboxylic acids is 2. The van der Waals surface area contributed by atoms with Gasteiger partial charge in [-0.05, 0) is 26.0 Å². The van der Waals surface area contributed by atoms with Gasteiger partial charge < -0.3 is 14.6 Å². The molecule has 134 valence electrons. The van der Waals surface area contributed by atoms with Crippen LogP contribution >= 0.6 is 23.4 Å². The summed E-state index contributed by atoms with van der Waals surface area (Å²) in [5, 5.41) is 11.4. The number of para-hydroxylation sites is 1. The van der Waals surface area contributed by atoms with Gasteiger partial charge >= 0.3 is 5.97 Å². The first kappa shape index (κ1) is 19.3. The molecule has 0 saturated carbocycles. The first-order valence-corrected chi connectivity index (χ1v) is 8.94. The highest BCUT2D eigenvalue weighted by molar-refractivity contribution is 8.00. The molecule has 0 fully saturated rings. The van der Waals surface area contributed by atoms with Crippen LogP contribution in [-0.4, -0.2) is 38.5 Å². The number of benzene rings is 1. The van der Waals surface area contributed by atoms with Crippen LogP contribution in [0.1, 0.15) is 19.7 Å². The minimum absolute atomic E-state index is 0.0398. The molecule has 25 heavy (non-hydrogen) atoms. The molecule has 1 aromatic heterocycles. The van der Waals surface area contributed by atoms with Crippen molar-refractivity contribution >= 4 is 40.9 Å². The number of nitrogens with one attached hydrogen (secondary N) is 1. The summed E-state index contributed by atoms with van der Waals surface area (Å²) in [6, 6.07) is 7.03. The van der Waals surface area contributed by atoms with E-state index in [1.54, 1.807) is 49.7 Å². The van der Waals surface area contributed by atoms with Crippen LogP contribution in [0, 0.1) is 0 Å². The van der Waals surface area contributed by atoms with Crippen LogP contribution in [0.2, 0.25) is 5.02 Å². The molecule has 1 atom stereocenters. The number of ether oxygens (including phenoxy) is 1. The first-order valence-electron chi connectivity index (χ1n) is 7.68. The molecule has 0 bridgehead atoms. The fourth-order valence-electron chi connectivity index (χ4n) is 1.95. The number of anilines is 1. The first-order chi connectivity index (χ1) is 11.9. The Hall–Kier alpha value is -2.06. The largest absolute Gasteiger partial charge is 0.466 e. The van der Waals surface area contributed by atoms with Gasteiger partial charge in [0.05, 0.1) is 22.6 Å². The zero-order chi connectivity index (χ0) is 18.4. The Morgan fingerprint density at radius 1 is 1.36 bits per heavy atom. The van der Waals surface area contributed by atoms with E-state index in [1.807, 2.05) is 0 Å². The van der Waals surface area contributed by atoms with Gasteiger partial charge in [0.25, 0.3) is 0 Å². The highest BCUT2D eigenvalue weighted by Gasteiger charge is 2.20. The normalized spacial score (nSPS) is 11.8. The number of thioether (sulfide) groups is 1. The second-order valence-corrected chi connectivity index (χ2v) is 6.88. The highest BCUT2D eigenvalue weighted by Crippen LogP contribution is 2.25. The van der Waals surface area contributed by atoms with Crippen LogP contribution in [0.15, 0.2) is 29.4 Å². The van der Waals surface area contributed by atoms with Crippen LogP contribution in [0.3, 0.4) is 0 Å². The molecular weight excluding hydrogens is 364 g/mol. The van der Waals surface area contributed by atoms with Crippen LogP contribution in [-0.2, 0) is 27.8 Å². The summed E-state index contributed by atoms with van der Waals surface area (Å²) < 4.78 is 6.58. The Morgan fingerprint density at radius 2 is 2.08 bits per heavy atom. The molecule has 1 N–H and O–H groups in total. The predicted octanol–water partition coefficient (Wildman–Crippen LogP) is 2.69. The Morgan fingerprint density at radius 3 is 2.76 bits per heavy atom. The molecule has 2 aromatic rings. The molecule has 1 aromatic carbocycles. The lowest BCUT2D eigenvalue weighted by molar-refractivity contribution is -0.142. The van der Waals surface area contributed by atoms with Crippen LogP contribution in [0.4, 0.5) is 5.69 Å². The van der Waals surface area contributed by atoms with Gasteiger partial charge in [-0.2, -0.15) is 0 Å². The van der Waals surface area contributed by atoms with Crippen molar-refractivity contribution in [3.63, 3.8) is 0 Å². The number of rotatable bonds is 7. The van der Waals surface area contributed by atoms with E-state index < -0.39 is 5.25 Å². The van der Waals surface area contributed by atoms with Crippen molar-refractivity contribution in [2.45, 2.75) is 30.7 Å². The summed E-state index contributed by atoms with van der Waals surface area (Å²) in [5.74, 6) is -0.0771. The molecule has 0 saturated heterocycles. The summed E-state index contributed by atoms with van der Waals surface area (Å²) in [4.78, 5) is 23.9. The summed E-state index contributed by atoms with van der Waals surface area (Å²) in [6.07, 6.45) is 0.0398. The fourth-order valence-corrected chi connectivity index (χ4v) is 2.97. The third-order valence-corrected chi connectivity index (χ3v) is 4.78. The quantitative estimate of drug-likeness (QED) is 0.585. The van der Waals surface area contributed by atoms with Crippen molar-refractivity contribution in [2.75, 3.05) is 11.9 Å². The number of hydrogen-bond donors (Lipinski definition) is 1. The summed E-state index contributed by atoms with van der Waals surface area (Å²) in [7, 11) is 1.75. The molecule has 0 aliphatic heterocycles. The lowest BCUT2D eigenvalue weighted by Crippen LogP contribution is -2.23. The lowest BCUT2D eigenvalue weighted by atomic mass is 10.3.